The zero-order valence-corrected chi connectivity index (χ0v) is 13.0. The number of aromatic nitrogens is 2. The van der Waals surface area contributed by atoms with Crippen LogP contribution in [0.15, 0.2) is 35.7 Å². The molecule has 0 atom stereocenters. The van der Waals surface area contributed by atoms with Crippen molar-refractivity contribution in [1.82, 2.24) is 9.97 Å². The third-order valence-electron chi connectivity index (χ3n) is 3.23. The highest BCUT2D eigenvalue weighted by atomic mass is 35.5. The average molecular weight is 322 g/mol. The molecule has 0 aliphatic rings. The molecule has 2 heterocycles. The summed E-state index contributed by atoms with van der Waals surface area (Å²) in [5.41, 5.74) is 0.547. The van der Waals surface area contributed by atoms with Gasteiger partial charge in [-0.3, -0.25) is 0 Å². The number of anilines is 1. The molecule has 0 fully saturated rings. The molecule has 0 spiro atoms. The van der Waals surface area contributed by atoms with Gasteiger partial charge in [0.1, 0.15) is 15.8 Å². The van der Waals surface area contributed by atoms with Crippen molar-refractivity contribution < 1.29 is 4.39 Å². The predicted octanol–water partition coefficient (Wildman–Crippen LogP) is 4.51. The lowest BCUT2D eigenvalue weighted by atomic mass is 10.2. The summed E-state index contributed by atoms with van der Waals surface area (Å²) in [7, 11) is 0. The standard InChI is InChI=1S/C15H13ClFN3S/c1-2-20(12-6-4-3-5-11(12)17)9-13-18-14(16)10-7-8-21-15(10)19-13/h3-8H,2,9H2,1H3. The lowest BCUT2D eigenvalue weighted by molar-refractivity contribution is 0.616. The summed E-state index contributed by atoms with van der Waals surface area (Å²) in [4.78, 5) is 11.6. The van der Waals surface area contributed by atoms with Gasteiger partial charge in [-0.15, -0.1) is 11.3 Å². The molecule has 0 amide bonds. The Bertz CT molecular complexity index is 774. The Morgan fingerprint density at radius 1 is 1.24 bits per heavy atom. The number of thiophene rings is 1. The normalized spacial score (nSPS) is 11.0. The molecule has 0 radical (unpaired) electrons. The Labute approximate surface area is 131 Å². The third kappa shape index (κ3) is 2.84. The number of fused-ring (bicyclic) bond motifs is 1. The summed E-state index contributed by atoms with van der Waals surface area (Å²) >= 11 is 7.69. The van der Waals surface area contributed by atoms with E-state index in [1.54, 1.807) is 12.1 Å². The molecule has 6 heteroatoms. The van der Waals surface area contributed by atoms with Crippen molar-refractivity contribution in [3.05, 3.63) is 52.5 Å². The van der Waals surface area contributed by atoms with Crippen LogP contribution in [0.1, 0.15) is 12.7 Å². The number of benzene rings is 1. The van der Waals surface area contributed by atoms with Crippen molar-refractivity contribution in [1.29, 1.82) is 0 Å². The molecule has 108 valence electrons. The first-order valence-corrected chi connectivity index (χ1v) is 7.84. The third-order valence-corrected chi connectivity index (χ3v) is 4.33. The van der Waals surface area contributed by atoms with E-state index in [0.717, 1.165) is 10.2 Å². The van der Waals surface area contributed by atoms with E-state index >= 15 is 0 Å². The van der Waals surface area contributed by atoms with E-state index in [9.17, 15) is 4.39 Å². The van der Waals surface area contributed by atoms with Crippen LogP contribution in [-0.4, -0.2) is 16.5 Å². The fourth-order valence-electron chi connectivity index (χ4n) is 2.18. The average Bonchev–Trinajstić information content (AvgIpc) is 2.94. The maximum absolute atomic E-state index is 13.9. The second-order valence-electron chi connectivity index (χ2n) is 4.54. The number of hydrogen-bond acceptors (Lipinski definition) is 4. The lowest BCUT2D eigenvalue weighted by Gasteiger charge is -2.22. The number of nitrogens with zero attached hydrogens (tertiary/aromatic N) is 3. The minimum absolute atomic E-state index is 0.248. The van der Waals surface area contributed by atoms with Crippen LogP contribution in [0.3, 0.4) is 0 Å². The summed E-state index contributed by atoms with van der Waals surface area (Å²) in [5.74, 6) is 0.350. The van der Waals surface area contributed by atoms with Crippen LogP contribution in [0.5, 0.6) is 0 Å². The Hall–Kier alpha value is -1.72. The molecule has 3 rings (SSSR count). The second-order valence-corrected chi connectivity index (χ2v) is 5.79. The highest BCUT2D eigenvalue weighted by Gasteiger charge is 2.13. The lowest BCUT2D eigenvalue weighted by Crippen LogP contribution is -2.24. The Morgan fingerprint density at radius 2 is 2.05 bits per heavy atom. The SMILES string of the molecule is CCN(Cc1nc(Cl)c2ccsc2n1)c1ccccc1F. The molecule has 0 saturated carbocycles. The van der Waals surface area contributed by atoms with Crippen LogP contribution in [0, 0.1) is 5.82 Å². The van der Waals surface area contributed by atoms with E-state index in [1.807, 2.05) is 29.3 Å². The monoisotopic (exact) mass is 321 g/mol. The van der Waals surface area contributed by atoms with E-state index in [4.69, 9.17) is 11.6 Å². The summed E-state index contributed by atoms with van der Waals surface area (Å²) in [6.45, 7) is 3.05. The number of para-hydroxylation sites is 1. The zero-order chi connectivity index (χ0) is 14.8. The molecule has 0 aliphatic heterocycles. The molecule has 0 saturated heterocycles. The van der Waals surface area contributed by atoms with Gasteiger partial charge in [0.05, 0.1) is 12.2 Å². The van der Waals surface area contributed by atoms with E-state index < -0.39 is 0 Å². The van der Waals surface area contributed by atoms with Gasteiger partial charge in [0.15, 0.2) is 5.82 Å². The molecule has 0 bridgehead atoms. The quantitative estimate of drug-likeness (QED) is 0.662. The molecule has 0 unspecified atom stereocenters. The van der Waals surface area contributed by atoms with Crippen LogP contribution in [-0.2, 0) is 6.54 Å². The molecule has 1 aromatic carbocycles. The first kappa shape index (κ1) is 14.2. The zero-order valence-electron chi connectivity index (χ0n) is 11.4. The van der Waals surface area contributed by atoms with Gasteiger partial charge in [-0.2, -0.15) is 0 Å². The summed E-state index contributed by atoms with van der Waals surface area (Å²) in [6, 6.07) is 8.61. The van der Waals surface area contributed by atoms with E-state index in [0.29, 0.717) is 29.8 Å². The van der Waals surface area contributed by atoms with Gasteiger partial charge in [-0.25, -0.2) is 14.4 Å². The van der Waals surface area contributed by atoms with Gasteiger partial charge in [-0.1, -0.05) is 23.7 Å². The number of halogens is 2. The van der Waals surface area contributed by atoms with Crippen LogP contribution < -0.4 is 4.90 Å². The van der Waals surface area contributed by atoms with Gasteiger partial charge in [0, 0.05) is 11.9 Å². The van der Waals surface area contributed by atoms with E-state index in [1.165, 1.54) is 17.4 Å². The minimum Gasteiger partial charge on any atom is -0.362 e. The van der Waals surface area contributed by atoms with Gasteiger partial charge in [0.25, 0.3) is 0 Å². The highest BCUT2D eigenvalue weighted by molar-refractivity contribution is 7.16. The van der Waals surface area contributed by atoms with Gasteiger partial charge in [-0.05, 0) is 30.5 Å². The minimum atomic E-state index is -0.248. The van der Waals surface area contributed by atoms with Crippen LogP contribution >= 0.6 is 22.9 Å². The molecule has 2 aromatic heterocycles. The summed E-state index contributed by atoms with van der Waals surface area (Å²) < 4.78 is 13.9. The summed E-state index contributed by atoms with van der Waals surface area (Å²) in [6.07, 6.45) is 0. The van der Waals surface area contributed by atoms with Crippen molar-refractivity contribution in [3.63, 3.8) is 0 Å². The first-order valence-electron chi connectivity index (χ1n) is 6.58. The van der Waals surface area contributed by atoms with Crippen molar-refractivity contribution in [2.45, 2.75) is 13.5 Å². The predicted molar refractivity (Wildman–Crippen MR) is 85.5 cm³/mol. The van der Waals surface area contributed by atoms with Gasteiger partial charge < -0.3 is 4.90 Å². The fraction of sp³-hybridized carbons (Fsp3) is 0.200. The molecule has 0 aliphatic carbocycles. The smallest absolute Gasteiger partial charge is 0.151 e. The Morgan fingerprint density at radius 3 is 2.81 bits per heavy atom. The van der Waals surface area contributed by atoms with Crippen LogP contribution in [0.25, 0.3) is 10.2 Å². The molecule has 21 heavy (non-hydrogen) atoms. The largest absolute Gasteiger partial charge is 0.362 e. The van der Waals surface area contributed by atoms with Crippen molar-refractivity contribution in [2.75, 3.05) is 11.4 Å². The topological polar surface area (TPSA) is 29.0 Å². The second kappa shape index (κ2) is 5.95. The Balaban J connectivity index is 1.94. The number of rotatable bonds is 4. The maximum atomic E-state index is 13.9. The molecular weight excluding hydrogens is 309 g/mol. The van der Waals surface area contributed by atoms with Gasteiger partial charge >= 0.3 is 0 Å². The van der Waals surface area contributed by atoms with Gasteiger partial charge in [0.2, 0.25) is 0 Å². The maximum Gasteiger partial charge on any atom is 0.151 e. The molecule has 3 nitrogen and oxygen atoms in total. The molecular formula is C15H13ClFN3S. The van der Waals surface area contributed by atoms with Crippen LogP contribution in [0.2, 0.25) is 5.15 Å². The number of hydrogen-bond donors (Lipinski definition) is 0. The highest BCUT2D eigenvalue weighted by Crippen LogP contribution is 2.26. The van der Waals surface area contributed by atoms with Crippen molar-refractivity contribution in [2.24, 2.45) is 0 Å². The van der Waals surface area contributed by atoms with Crippen molar-refractivity contribution in [3.8, 4) is 0 Å². The summed E-state index contributed by atoms with van der Waals surface area (Å²) in [5, 5.41) is 3.24. The Kier molecular flexibility index (Phi) is 4.03. The van der Waals surface area contributed by atoms with Crippen LogP contribution in [0.4, 0.5) is 10.1 Å². The fourth-order valence-corrected chi connectivity index (χ4v) is 3.27. The van der Waals surface area contributed by atoms with E-state index in [-0.39, 0.29) is 5.82 Å². The van der Waals surface area contributed by atoms with Crippen molar-refractivity contribution >= 4 is 38.8 Å². The molecule has 3 aromatic rings. The molecule has 0 N–H and O–H groups in total. The van der Waals surface area contributed by atoms with E-state index in [2.05, 4.69) is 9.97 Å². The first-order chi connectivity index (χ1) is 10.2.